The smallest absolute Gasteiger partial charge is 0.361 e. The van der Waals surface area contributed by atoms with E-state index >= 15 is 0 Å². The molecule has 2 heterocycles. The molecule has 0 aliphatic heterocycles. The van der Waals surface area contributed by atoms with Crippen molar-refractivity contribution in [2.45, 2.75) is 39.3 Å². The summed E-state index contributed by atoms with van der Waals surface area (Å²) in [7, 11) is 0. The van der Waals surface area contributed by atoms with E-state index in [1.807, 2.05) is 52.0 Å². The molecule has 0 radical (unpaired) electrons. The van der Waals surface area contributed by atoms with Crippen molar-refractivity contribution in [3.8, 4) is 5.69 Å². The predicted molar refractivity (Wildman–Crippen MR) is 90.2 cm³/mol. The van der Waals surface area contributed by atoms with Gasteiger partial charge in [0.05, 0.1) is 17.4 Å². The van der Waals surface area contributed by atoms with Crippen LogP contribution in [0, 0.1) is 0 Å². The van der Waals surface area contributed by atoms with Gasteiger partial charge in [-0.05, 0) is 45.4 Å². The van der Waals surface area contributed by atoms with Gasteiger partial charge in [-0.2, -0.15) is 5.10 Å². The molecule has 0 saturated carbocycles. The minimum Gasteiger partial charge on any atom is -0.453 e. The maximum absolute atomic E-state index is 12.3. The Labute approximate surface area is 145 Å². The molecular formula is C17H20N6O2. The lowest BCUT2D eigenvalue weighted by atomic mass is 10.1. The van der Waals surface area contributed by atoms with Gasteiger partial charge in [0.15, 0.2) is 5.69 Å². The number of carbonyl (C=O) groups excluding carboxylic acids is 1. The Morgan fingerprint density at radius 2 is 1.92 bits per heavy atom. The Bertz CT molecular complexity index is 846. The summed E-state index contributed by atoms with van der Waals surface area (Å²) in [5.74, 6) is -0.497. The summed E-state index contributed by atoms with van der Waals surface area (Å²) in [4.78, 5) is 16.2. The Morgan fingerprint density at radius 3 is 2.48 bits per heavy atom. The van der Waals surface area contributed by atoms with Crippen LogP contribution in [0.3, 0.4) is 0 Å². The van der Waals surface area contributed by atoms with E-state index < -0.39 is 12.1 Å². The highest BCUT2D eigenvalue weighted by atomic mass is 16.5. The molecule has 0 aliphatic carbocycles. The van der Waals surface area contributed by atoms with Gasteiger partial charge in [0.2, 0.25) is 0 Å². The third-order valence-electron chi connectivity index (χ3n) is 3.72. The standard InChI is InChI=1S/C17H20N6O2/c1-12(13-5-7-14(8-6-13)22-11-18-10-19-22)25-16(24)15-9-23(21-20-15)17(2,3)4/h5-12H,1-4H3/t12-/m1/s1. The fourth-order valence-electron chi connectivity index (χ4n) is 2.21. The first kappa shape index (κ1) is 16.8. The number of benzene rings is 1. The molecule has 1 atom stereocenters. The van der Waals surface area contributed by atoms with Gasteiger partial charge in [-0.1, -0.05) is 17.3 Å². The van der Waals surface area contributed by atoms with E-state index in [0.29, 0.717) is 0 Å². The SMILES string of the molecule is C[C@@H](OC(=O)c1cn(C(C)(C)C)nn1)c1ccc(-n2cncn2)cc1. The number of hydrogen-bond acceptors (Lipinski definition) is 6. The fraction of sp³-hybridized carbons (Fsp3) is 0.353. The first-order chi connectivity index (χ1) is 11.8. The van der Waals surface area contributed by atoms with Crippen LogP contribution in [0.2, 0.25) is 0 Å². The second kappa shape index (κ2) is 6.46. The van der Waals surface area contributed by atoms with Crippen LogP contribution in [0.25, 0.3) is 5.69 Å². The quantitative estimate of drug-likeness (QED) is 0.678. The zero-order valence-corrected chi connectivity index (χ0v) is 14.6. The number of ether oxygens (including phenoxy) is 1. The van der Waals surface area contributed by atoms with Crippen molar-refractivity contribution in [1.29, 1.82) is 0 Å². The normalized spacial score (nSPS) is 12.8. The fourth-order valence-corrected chi connectivity index (χ4v) is 2.21. The summed E-state index contributed by atoms with van der Waals surface area (Å²) in [6.45, 7) is 7.76. The lowest BCUT2D eigenvalue weighted by Gasteiger charge is -2.17. The number of hydrogen-bond donors (Lipinski definition) is 0. The summed E-state index contributed by atoms with van der Waals surface area (Å²) in [5.41, 5.74) is 1.71. The Balaban J connectivity index is 1.68. The number of carbonyl (C=O) groups is 1. The second-order valence-corrected chi connectivity index (χ2v) is 6.70. The average Bonchev–Trinajstić information content (AvgIpc) is 3.26. The maximum atomic E-state index is 12.3. The van der Waals surface area contributed by atoms with Crippen molar-refractivity contribution in [2.75, 3.05) is 0 Å². The van der Waals surface area contributed by atoms with Crippen LogP contribution in [0.4, 0.5) is 0 Å². The van der Waals surface area contributed by atoms with Gasteiger partial charge in [-0.25, -0.2) is 19.1 Å². The molecule has 3 aromatic rings. The molecule has 0 amide bonds. The van der Waals surface area contributed by atoms with Gasteiger partial charge in [0.25, 0.3) is 0 Å². The number of esters is 1. The number of rotatable bonds is 4. The highest BCUT2D eigenvalue weighted by Gasteiger charge is 2.21. The van der Waals surface area contributed by atoms with Crippen LogP contribution in [-0.2, 0) is 10.3 Å². The van der Waals surface area contributed by atoms with E-state index in [-0.39, 0.29) is 11.2 Å². The van der Waals surface area contributed by atoms with Crippen molar-refractivity contribution in [3.05, 3.63) is 54.4 Å². The average molecular weight is 340 g/mol. The molecular weight excluding hydrogens is 320 g/mol. The zero-order valence-electron chi connectivity index (χ0n) is 14.6. The molecule has 2 aromatic heterocycles. The minimum atomic E-state index is -0.497. The van der Waals surface area contributed by atoms with E-state index in [4.69, 9.17) is 4.74 Å². The van der Waals surface area contributed by atoms with Gasteiger partial charge in [-0.3, -0.25) is 0 Å². The van der Waals surface area contributed by atoms with Gasteiger partial charge >= 0.3 is 5.97 Å². The Hall–Kier alpha value is -3.03. The molecule has 3 rings (SSSR count). The Morgan fingerprint density at radius 1 is 1.20 bits per heavy atom. The maximum Gasteiger partial charge on any atom is 0.361 e. The number of nitrogens with zero attached hydrogens (tertiary/aromatic N) is 6. The van der Waals surface area contributed by atoms with E-state index in [0.717, 1.165) is 11.3 Å². The zero-order chi connectivity index (χ0) is 18.0. The summed E-state index contributed by atoms with van der Waals surface area (Å²) < 4.78 is 8.79. The van der Waals surface area contributed by atoms with E-state index in [2.05, 4.69) is 20.4 Å². The summed E-state index contributed by atoms with van der Waals surface area (Å²) in [6, 6.07) is 7.57. The molecule has 8 heteroatoms. The van der Waals surface area contributed by atoms with Crippen molar-refractivity contribution >= 4 is 5.97 Å². The highest BCUT2D eigenvalue weighted by molar-refractivity contribution is 5.86. The molecule has 0 saturated heterocycles. The summed E-state index contributed by atoms with van der Waals surface area (Å²) >= 11 is 0. The highest BCUT2D eigenvalue weighted by Crippen LogP contribution is 2.20. The lowest BCUT2D eigenvalue weighted by molar-refractivity contribution is 0.0330. The molecule has 130 valence electrons. The molecule has 0 fully saturated rings. The third-order valence-corrected chi connectivity index (χ3v) is 3.72. The third kappa shape index (κ3) is 3.73. The second-order valence-electron chi connectivity index (χ2n) is 6.70. The summed E-state index contributed by atoms with van der Waals surface area (Å²) in [6.07, 6.45) is 4.29. The molecule has 25 heavy (non-hydrogen) atoms. The van der Waals surface area contributed by atoms with Crippen molar-refractivity contribution in [1.82, 2.24) is 29.8 Å². The van der Waals surface area contributed by atoms with Crippen LogP contribution < -0.4 is 0 Å². The Kier molecular flexibility index (Phi) is 4.35. The van der Waals surface area contributed by atoms with Gasteiger partial charge in [0.1, 0.15) is 18.8 Å². The molecule has 1 aromatic carbocycles. The van der Waals surface area contributed by atoms with Crippen LogP contribution in [0.15, 0.2) is 43.1 Å². The topological polar surface area (TPSA) is 87.7 Å². The monoisotopic (exact) mass is 340 g/mol. The van der Waals surface area contributed by atoms with Crippen LogP contribution in [0.1, 0.15) is 49.9 Å². The minimum absolute atomic E-state index is 0.195. The number of aromatic nitrogens is 6. The van der Waals surface area contributed by atoms with Crippen molar-refractivity contribution in [3.63, 3.8) is 0 Å². The first-order valence-corrected chi connectivity index (χ1v) is 7.93. The van der Waals surface area contributed by atoms with E-state index in [1.54, 1.807) is 21.9 Å². The molecule has 0 N–H and O–H groups in total. The van der Waals surface area contributed by atoms with Gasteiger partial charge in [-0.15, -0.1) is 5.10 Å². The molecule has 0 aliphatic rings. The van der Waals surface area contributed by atoms with Crippen molar-refractivity contribution in [2.24, 2.45) is 0 Å². The molecule has 0 unspecified atom stereocenters. The van der Waals surface area contributed by atoms with Crippen LogP contribution in [0.5, 0.6) is 0 Å². The van der Waals surface area contributed by atoms with Crippen LogP contribution in [-0.4, -0.2) is 35.7 Å². The van der Waals surface area contributed by atoms with Gasteiger partial charge < -0.3 is 4.74 Å². The van der Waals surface area contributed by atoms with Crippen LogP contribution >= 0.6 is 0 Å². The van der Waals surface area contributed by atoms with Gasteiger partial charge in [0, 0.05) is 0 Å². The van der Waals surface area contributed by atoms with Crippen molar-refractivity contribution < 1.29 is 9.53 Å². The molecule has 0 bridgehead atoms. The largest absolute Gasteiger partial charge is 0.453 e. The lowest BCUT2D eigenvalue weighted by Crippen LogP contribution is -2.22. The first-order valence-electron chi connectivity index (χ1n) is 7.93. The van der Waals surface area contributed by atoms with E-state index in [1.165, 1.54) is 6.33 Å². The predicted octanol–water partition coefficient (Wildman–Crippen LogP) is 2.53. The molecule has 0 spiro atoms. The summed E-state index contributed by atoms with van der Waals surface area (Å²) in [5, 5.41) is 11.9. The van der Waals surface area contributed by atoms with E-state index in [9.17, 15) is 4.79 Å². The molecule has 8 nitrogen and oxygen atoms in total.